The molecule has 0 unspecified atom stereocenters. The van der Waals surface area contributed by atoms with Gasteiger partial charge in [-0.05, 0) is 25.7 Å². The molecule has 1 saturated heterocycles. The zero-order valence-electron chi connectivity index (χ0n) is 13.2. The number of nitrogens with zero attached hydrogens (tertiary/aromatic N) is 2. The van der Waals surface area contributed by atoms with Crippen LogP contribution in [-0.2, 0) is 9.59 Å². The van der Waals surface area contributed by atoms with Gasteiger partial charge in [-0.3, -0.25) is 14.5 Å². The van der Waals surface area contributed by atoms with E-state index >= 15 is 0 Å². The Morgan fingerprint density at radius 3 is 2.55 bits per heavy atom. The molecule has 0 aromatic heterocycles. The Morgan fingerprint density at radius 1 is 1.15 bits per heavy atom. The van der Waals surface area contributed by atoms with Crippen molar-refractivity contribution in [1.29, 1.82) is 0 Å². The third-order valence-corrected chi connectivity index (χ3v) is 3.62. The van der Waals surface area contributed by atoms with Crippen molar-refractivity contribution in [2.75, 3.05) is 39.3 Å². The van der Waals surface area contributed by atoms with Crippen molar-refractivity contribution in [3.05, 3.63) is 0 Å². The van der Waals surface area contributed by atoms with Gasteiger partial charge in [0.15, 0.2) is 0 Å². The lowest BCUT2D eigenvalue weighted by Crippen LogP contribution is -2.40. The summed E-state index contributed by atoms with van der Waals surface area (Å²) in [5, 5.41) is 2.82. The highest BCUT2D eigenvalue weighted by Gasteiger charge is 2.20. The van der Waals surface area contributed by atoms with Crippen LogP contribution in [0.25, 0.3) is 0 Å². The van der Waals surface area contributed by atoms with Gasteiger partial charge >= 0.3 is 0 Å². The first-order valence-electron chi connectivity index (χ1n) is 7.79. The molecule has 1 rings (SSSR count). The Balaban J connectivity index is 2.35. The van der Waals surface area contributed by atoms with Gasteiger partial charge in [-0.1, -0.05) is 13.8 Å². The van der Waals surface area contributed by atoms with Crippen LogP contribution >= 0.6 is 0 Å². The van der Waals surface area contributed by atoms with Crippen LogP contribution in [0.1, 0.15) is 40.0 Å². The zero-order valence-corrected chi connectivity index (χ0v) is 13.2. The fourth-order valence-corrected chi connectivity index (χ4v) is 2.40. The smallest absolute Gasteiger partial charge is 0.234 e. The standard InChI is InChI=1S/C15H29N3O2/c1-4-16-14(19)12-17-8-5-9-18(11-10-17)15(20)7-6-13(2)3/h13H,4-12H2,1-3H3,(H,16,19). The van der Waals surface area contributed by atoms with Gasteiger partial charge in [0.25, 0.3) is 0 Å². The molecule has 0 aromatic carbocycles. The fraction of sp³-hybridized carbons (Fsp3) is 0.867. The number of amides is 2. The van der Waals surface area contributed by atoms with Crippen molar-refractivity contribution in [2.45, 2.75) is 40.0 Å². The Morgan fingerprint density at radius 2 is 1.90 bits per heavy atom. The molecule has 1 aliphatic heterocycles. The van der Waals surface area contributed by atoms with Crippen molar-refractivity contribution in [2.24, 2.45) is 5.92 Å². The average Bonchev–Trinajstić information content (AvgIpc) is 2.62. The van der Waals surface area contributed by atoms with Crippen LogP contribution in [0.5, 0.6) is 0 Å². The lowest BCUT2D eigenvalue weighted by molar-refractivity contribution is -0.131. The van der Waals surface area contributed by atoms with Crippen LogP contribution in [0, 0.1) is 5.92 Å². The summed E-state index contributed by atoms with van der Waals surface area (Å²) in [6.45, 7) is 10.6. The Kier molecular flexibility index (Phi) is 7.59. The zero-order chi connectivity index (χ0) is 15.0. The number of carbonyl (C=O) groups excluding carboxylic acids is 2. The van der Waals surface area contributed by atoms with E-state index in [1.54, 1.807) is 0 Å². The van der Waals surface area contributed by atoms with Crippen LogP contribution < -0.4 is 5.32 Å². The molecule has 0 aromatic rings. The maximum absolute atomic E-state index is 12.1. The molecule has 0 spiro atoms. The van der Waals surface area contributed by atoms with Gasteiger partial charge < -0.3 is 10.2 Å². The van der Waals surface area contributed by atoms with E-state index < -0.39 is 0 Å². The van der Waals surface area contributed by atoms with Crippen LogP contribution in [0.2, 0.25) is 0 Å². The SMILES string of the molecule is CCNC(=O)CN1CCCN(C(=O)CCC(C)C)CC1. The van der Waals surface area contributed by atoms with Crippen LogP contribution in [0.4, 0.5) is 0 Å². The number of carbonyl (C=O) groups is 2. The monoisotopic (exact) mass is 283 g/mol. The average molecular weight is 283 g/mol. The highest BCUT2D eigenvalue weighted by molar-refractivity contribution is 5.78. The van der Waals surface area contributed by atoms with Crippen LogP contribution in [-0.4, -0.2) is 60.9 Å². The second-order valence-electron chi connectivity index (χ2n) is 5.90. The molecule has 1 fully saturated rings. The third-order valence-electron chi connectivity index (χ3n) is 3.62. The van der Waals surface area contributed by atoms with Gasteiger partial charge in [-0.15, -0.1) is 0 Å². The van der Waals surface area contributed by atoms with Crippen molar-refractivity contribution >= 4 is 11.8 Å². The molecule has 2 amide bonds. The molecule has 116 valence electrons. The largest absolute Gasteiger partial charge is 0.355 e. The summed E-state index contributed by atoms with van der Waals surface area (Å²) in [5.74, 6) is 0.908. The van der Waals surface area contributed by atoms with E-state index in [0.29, 0.717) is 25.4 Å². The molecule has 1 aliphatic rings. The predicted octanol–water partition coefficient (Wildman–Crippen LogP) is 1.09. The quantitative estimate of drug-likeness (QED) is 0.794. The first-order chi connectivity index (χ1) is 9.52. The van der Waals surface area contributed by atoms with Gasteiger partial charge in [-0.25, -0.2) is 0 Å². The van der Waals surface area contributed by atoms with E-state index in [-0.39, 0.29) is 11.8 Å². The first kappa shape index (κ1) is 17.0. The number of likely N-dealkylation sites (N-methyl/N-ethyl adjacent to an activating group) is 1. The van der Waals surface area contributed by atoms with Crippen molar-refractivity contribution in [1.82, 2.24) is 15.1 Å². The minimum Gasteiger partial charge on any atom is -0.355 e. The maximum Gasteiger partial charge on any atom is 0.234 e. The molecular formula is C15H29N3O2. The lowest BCUT2D eigenvalue weighted by atomic mass is 10.1. The molecule has 0 saturated carbocycles. The normalized spacial score (nSPS) is 17.1. The Bertz CT molecular complexity index is 318. The molecule has 5 nitrogen and oxygen atoms in total. The van der Waals surface area contributed by atoms with Gasteiger partial charge in [0.05, 0.1) is 6.54 Å². The minimum atomic E-state index is 0.0760. The summed E-state index contributed by atoms with van der Waals surface area (Å²) in [6.07, 6.45) is 2.55. The Hall–Kier alpha value is -1.10. The maximum atomic E-state index is 12.1. The number of nitrogens with one attached hydrogen (secondary N) is 1. The third kappa shape index (κ3) is 6.37. The molecule has 0 aliphatic carbocycles. The van der Waals surface area contributed by atoms with Gasteiger partial charge in [0.1, 0.15) is 0 Å². The summed E-state index contributed by atoms with van der Waals surface area (Å²) < 4.78 is 0. The summed E-state index contributed by atoms with van der Waals surface area (Å²) >= 11 is 0. The van der Waals surface area contributed by atoms with E-state index in [2.05, 4.69) is 24.1 Å². The van der Waals surface area contributed by atoms with E-state index in [1.165, 1.54) is 0 Å². The molecule has 0 atom stereocenters. The van der Waals surface area contributed by atoms with Crippen molar-refractivity contribution in [3.8, 4) is 0 Å². The number of hydrogen-bond donors (Lipinski definition) is 1. The molecule has 5 heteroatoms. The molecule has 20 heavy (non-hydrogen) atoms. The van der Waals surface area contributed by atoms with Gasteiger partial charge in [0.2, 0.25) is 11.8 Å². The number of hydrogen-bond acceptors (Lipinski definition) is 3. The summed E-state index contributed by atoms with van der Waals surface area (Å²) in [7, 11) is 0. The summed E-state index contributed by atoms with van der Waals surface area (Å²) in [5.41, 5.74) is 0. The predicted molar refractivity (Wildman–Crippen MR) is 80.4 cm³/mol. The minimum absolute atomic E-state index is 0.0760. The van der Waals surface area contributed by atoms with E-state index in [9.17, 15) is 9.59 Å². The summed E-state index contributed by atoms with van der Waals surface area (Å²) in [4.78, 5) is 27.8. The fourth-order valence-electron chi connectivity index (χ4n) is 2.40. The van der Waals surface area contributed by atoms with Gasteiger partial charge in [-0.2, -0.15) is 0 Å². The van der Waals surface area contributed by atoms with E-state index in [1.807, 2.05) is 11.8 Å². The van der Waals surface area contributed by atoms with Crippen molar-refractivity contribution < 1.29 is 9.59 Å². The molecule has 1 N–H and O–H groups in total. The van der Waals surface area contributed by atoms with Gasteiger partial charge in [0, 0.05) is 39.1 Å². The molecule has 0 radical (unpaired) electrons. The van der Waals surface area contributed by atoms with Crippen LogP contribution in [0.3, 0.4) is 0 Å². The highest BCUT2D eigenvalue weighted by atomic mass is 16.2. The topological polar surface area (TPSA) is 52.7 Å². The van der Waals surface area contributed by atoms with Crippen molar-refractivity contribution in [3.63, 3.8) is 0 Å². The van der Waals surface area contributed by atoms with Crippen LogP contribution in [0.15, 0.2) is 0 Å². The lowest BCUT2D eigenvalue weighted by Gasteiger charge is -2.22. The second kappa shape index (κ2) is 8.95. The highest BCUT2D eigenvalue weighted by Crippen LogP contribution is 2.09. The molecule has 1 heterocycles. The van der Waals surface area contributed by atoms with E-state index in [4.69, 9.17) is 0 Å². The molecular weight excluding hydrogens is 254 g/mol. The Labute approximate surface area is 122 Å². The second-order valence-corrected chi connectivity index (χ2v) is 5.90. The first-order valence-corrected chi connectivity index (χ1v) is 7.79. The number of rotatable bonds is 6. The molecule has 0 bridgehead atoms. The summed E-state index contributed by atoms with van der Waals surface area (Å²) in [6, 6.07) is 0. The van der Waals surface area contributed by atoms with E-state index in [0.717, 1.165) is 39.0 Å².